The summed E-state index contributed by atoms with van der Waals surface area (Å²) in [7, 11) is 0. The number of nitrogens with zero attached hydrogens (tertiary/aromatic N) is 4. The highest BCUT2D eigenvalue weighted by Crippen LogP contribution is 2.35. The average molecular weight is 396 g/mol. The van der Waals surface area contributed by atoms with Gasteiger partial charge in [-0.2, -0.15) is 4.68 Å². The molecule has 0 bridgehead atoms. The number of carbonyl (C=O) groups excluding carboxylic acids is 1. The lowest BCUT2D eigenvalue weighted by Gasteiger charge is -2.27. The molecule has 3 aromatic rings. The summed E-state index contributed by atoms with van der Waals surface area (Å²) in [5, 5.41) is 15.6. The van der Waals surface area contributed by atoms with E-state index in [0.29, 0.717) is 28.9 Å². The third kappa shape index (κ3) is 3.48. The topological polar surface area (TPSA) is 81.9 Å². The number of carbonyl (C=O) groups is 1. The van der Waals surface area contributed by atoms with Crippen LogP contribution in [0.2, 0.25) is 5.02 Å². The predicted octanol–water partition coefficient (Wildman–Crippen LogP) is 3.78. The van der Waals surface area contributed by atoms with Crippen molar-refractivity contribution in [1.29, 1.82) is 0 Å². The van der Waals surface area contributed by atoms with Crippen LogP contribution in [0.25, 0.3) is 0 Å². The van der Waals surface area contributed by atoms with Crippen LogP contribution in [0.15, 0.2) is 59.8 Å². The first-order valence-corrected chi connectivity index (χ1v) is 9.14. The van der Waals surface area contributed by atoms with Crippen LogP contribution in [-0.2, 0) is 11.4 Å². The Labute approximate surface area is 167 Å². The standard InChI is InChI=1S/C20H18ClN5O2/c1-12-18(13(2)27)19(26-20(22-12)23-24-25-26)15-4-3-5-17(10-15)28-11-14-6-8-16(21)9-7-14/h3-10,19H,11H2,1-2H3,(H,22,23,25). The summed E-state index contributed by atoms with van der Waals surface area (Å²) in [6.45, 7) is 3.81. The number of ether oxygens (including phenoxy) is 1. The van der Waals surface area contributed by atoms with Crippen LogP contribution in [0, 0.1) is 0 Å². The molecule has 8 heteroatoms. The lowest BCUT2D eigenvalue weighted by molar-refractivity contribution is -0.114. The highest BCUT2D eigenvalue weighted by atomic mass is 35.5. The Bertz CT molecular complexity index is 1060. The number of nitrogens with one attached hydrogen (secondary N) is 1. The van der Waals surface area contributed by atoms with E-state index in [9.17, 15) is 4.79 Å². The number of aromatic nitrogens is 4. The minimum atomic E-state index is -0.414. The minimum Gasteiger partial charge on any atom is -0.489 e. The van der Waals surface area contributed by atoms with Gasteiger partial charge in [-0.3, -0.25) is 4.79 Å². The van der Waals surface area contributed by atoms with Gasteiger partial charge >= 0.3 is 0 Å². The van der Waals surface area contributed by atoms with Gasteiger partial charge in [0.15, 0.2) is 5.78 Å². The molecule has 0 fully saturated rings. The fourth-order valence-electron chi connectivity index (χ4n) is 3.30. The number of hydrogen-bond donors (Lipinski definition) is 1. The first kappa shape index (κ1) is 18.2. The molecule has 1 aliphatic heterocycles. The second kappa shape index (κ2) is 7.44. The number of benzene rings is 2. The van der Waals surface area contributed by atoms with Crippen molar-refractivity contribution >= 4 is 23.3 Å². The summed E-state index contributed by atoms with van der Waals surface area (Å²) in [5.74, 6) is 1.16. The molecule has 1 aliphatic rings. The van der Waals surface area contributed by atoms with Crippen LogP contribution in [0.3, 0.4) is 0 Å². The van der Waals surface area contributed by atoms with Gasteiger partial charge in [-0.1, -0.05) is 41.0 Å². The van der Waals surface area contributed by atoms with Crippen molar-refractivity contribution in [3.05, 3.63) is 76.0 Å². The van der Waals surface area contributed by atoms with E-state index < -0.39 is 6.04 Å². The predicted molar refractivity (Wildman–Crippen MR) is 105 cm³/mol. The maximum atomic E-state index is 12.3. The molecule has 1 unspecified atom stereocenters. The number of halogens is 1. The first-order valence-electron chi connectivity index (χ1n) is 8.76. The van der Waals surface area contributed by atoms with Crippen LogP contribution in [0.5, 0.6) is 5.75 Å². The van der Waals surface area contributed by atoms with Crippen LogP contribution < -0.4 is 10.1 Å². The Morgan fingerprint density at radius 3 is 2.79 bits per heavy atom. The zero-order valence-corrected chi connectivity index (χ0v) is 16.1. The third-order valence-electron chi connectivity index (χ3n) is 4.59. The van der Waals surface area contributed by atoms with Crippen LogP contribution >= 0.6 is 11.6 Å². The first-order chi connectivity index (χ1) is 13.5. The summed E-state index contributed by atoms with van der Waals surface area (Å²) in [5.41, 5.74) is 3.25. The Kier molecular flexibility index (Phi) is 4.83. The molecular formula is C20H18ClN5O2. The van der Waals surface area contributed by atoms with E-state index in [1.807, 2.05) is 55.5 Å². The Balaban J connectivity index is 1.64. The second-order valence-corrected chi connectivity index (χ2v) is 6.99. The molecule has 0 amide bonds. The molecule has 2 aromatic carbocycles. The average Bonchev–Trinajstić information content (AvgIpc) is 3.14. The second-order valence-electron chi connectivity index (χ2n) is 6.56. The number of allylic oxidation sites excluding steroid dienone is 2. The molecule has 2 heterocycles. The van der Waals surface area contributed by atoms with Crippen LogP contribution in [0.4, 0.5) is 5.95 Å². The number of Topliss-reactive ketones (excluding diaryl/α,β-unsaturated/α-hetero) is 1. The van der Waals surface area contributed by atoms with Gasteiger partial charge in [0.25, 0.3) is 0 Å². The third-order valence-corrected chi connectivity index (χ3v) is 4.84. The van der Waals surface area contributed by atoms with E-state index in [0.717, 1.165) is 16.8 Å². The largest absolute Gasteiger partial charge is 0.489 e. The van der Waals surface area contributed by atoms with Crippen LogP contribution in [-0.4, -0.2) is 26.0 Å². The maximum absolute atomic E-state index is 12.3. The zero-order chi connectivity index (χ0) is 19.7. The van der Waals surface area contributed by atoms with Gasteiger partial charge in [0.05, 0.1) is 0 Å². The van der Waals surface area contributed by atoms with Crippen molar-refractivity contribution in [1.82, 2.24) is 20.2 Å². The fourth-order valence-corrected chi connectivity index (χ4v) is 3.42. The summed E-state index contributed by atoms with van der Waals surface area (Å²) in [6.07, 6.45) is 0. The van der Waals surface area contributed by atoms with Crippen molar-refractivity contribution < 1.29 is 9.53 Å². The Morgan fingerprint density at radius 1 is 1.25 bits per heavy atom. The number of rotatable bonds is 5. The number of hydrogen-bond acceptors (Lipinski definition) is 6. The monoisotopic (exact) mass is 395 g/mol. The van der Waals surface area contributed by atoms with Crippen molar-refractivity contribution in [2.75, 3.05) is 5.32 Å². The van der Waals surface area contributed by atoms with Gasteiger partial charge in [0, 0.05) is 16.3 Å². The highest BCUT2D eigenvalue weighted by Gasteiger charge is 2.32. The molecule has 0 spiro atoms. The number of fused-ring (bicyclic) bond motifs is 1. The van der Waals surface area contributed by atoms with Crippen molar-refractivity contribution in [3.63, 3.8) is 0 Å². The molecule has 1 aromatic heterocycles. The van der Waals surface area contributed by atoms with Gasteiger partial charge in [-0.05, 0) is 59.7 Å². The quantitative estimate of drug-likeness (QED) is 0.707. The number of tetrazole rings is 1. The summed E-state index contributed by atoms with van der Waals surface area (Å²) >= 11 is 5.92. The molecule has 1 atom stereocenters. The molecule has 4 rings (SSSR count). The van der Waals surface area contributed by atoms with E-state index in [1.54, 1.807) is 11.6 Å². The van der Waals surface area contributed by atoms with Gasteiger partial charge in [0.1, 0.15) is 18.4 Å². The Morgan fingerprint density at radius 2 is 2.04 bits per heavy atom. The lowest BCUT2D eigenvalue weighted by Crippen LogP contribution is -2.27. The lowest BCUT2D eigenvalue weighted by atomic mass is 9.93. The molecular weight excluding hydrogens is 378 g/mol. The molecule has 0 saturated carbocycles. The van der Waals surface area contributed by atoms with Gasteiger partial charge in [-0.25, -0.2) is 0 Å². The zero-order valence-electron chi connectivity index (χ0n) is 15.4. The van der Waals surface area contributed by atoms with E-state index in [-0.39, 0.29) is 5.78 Å². The normalized spacial score (nSPS) is 15.8. The van der Waals surface area contributed by atoms with E-state index in [1.165, 1.54) is 0 Å². The van der Waals surface area contributed by atoms with E-state index >= 15 is 0 Å². The molecule has 1 N–H and O–H groups in total. The van der Waals surface area contributed by atoms with E-state index in [4.69, 9.17) is 16.3 Å². The molecule has 0 radical (unpaired) electrons. The highest BCUT2D eigenvalue weighted by molar-refractivity contribution is 6.30. The maximum Gasteiger partial charge on any atom is 0.248 e. The fraction of sp³-hybridized carbons (Fsp3) is 0.200. The van der Waals surface area contributed by atoms with Crippen molar-refractivity contribution in [3.8, 4) is 5.75 Å². The SMILES string of the molecule is CC(=O)C1=C(C)Nc2nnnn2C1c1cccc(OCc2ccc(Cl)cc2)c1. The molecule has 0 saturated heterocycles. The van der Waals surface area contributed by atoms with Gasteiger partial charge in [-0.15, -0.1) is 0 Å². The van der Waals surface area contributed by atoms with Crippen LogP contribution in [0.1, 0.15) is 31.0 Å². The molecule has 142 valence electrons. The summed E-state index contributed by atoms with van der Waals surface area (Å²) in [6, 6.07) is 14.7. The molecule has 7 nitrogen and oxygen atoms in total. The van der Waals surface area contributed by atoms with E-state index in [2.05, 4.69) is 20.8 Å². The summed E-state index contributed by atoms with van der Waals surface area (Å²) in [4.78, 5) is 12.3. The number of anilines is 1. The summed E-state index contributed by atoms with van der Waals surface area (Å²) < 4.78 is 7.55. The van der Waals surface area contributed by atoms with Crippen molar-refractivity contribution in [2.45, 2.75) is 26.5 Å². The molecule has 0 aliphatic carbocycles. The number of ketones is 1. The Hall–Kier alpha value is -3.19. The smallest absolute Gasteiger partial charge is 0.248 e. The van der Waals surface area contributed by atoms with Gasteiger partial charge in [0.2, 0.25) is 5.95 Å². The van der Waals surface area contributed by atoms with Gasteiger partial charge < -0.3 is 10.1 Å². The molecule has 28 heavy (non-hydrogen) atoms. The van der Waals surface area contributed by atoms with Crippen molar-refractivity contribution in [2.24, 2.45) is 0 Å². The minimum absolute atomic E-state index is 0.0383.